The van der Waals surface area contributed by atoms with Gasteiger partial charge in [-0.3, -0.25) is 14.9 Å². The molecule has 0 bridgehead atoms. The zero-order chi connectivity index (χ0) is 10.7. The van der Waals surface area contributed by atoms with E-state index in [1.807, 2.05) is 0 Å². The quantitative estimate of drug-likeness (QED) is 0.311. The summed E-state index contributed by atoms with van der Waals surface area (Å²) in [5, 5.41) is 10.4. The van der Waals surface area contributed by atoms with Crippen LogP contribution in [0.25, 0.3) is 0 Å². The number of nitro benzene ring substituents is 1. The normalized spacial score (nSPS) is 9.57. The molecule has 73 valence electrons. The lowest BCUT2D eigenvalue weighted by atomic mass is 10.2. The van der Waals surface area contributed by atoms with Crippen molar-refractivity contribution in [2.24, 2.45) is 0 Å². The van der Waals surface area contributed by atoms with Crippen molar-refractivity contribution in [2.75, 3.05) is 0 Å². The Morgan fingerprint density at radius 2 is 2.14 bits per heavy atom. The van der Waals surface area contributed by atoms with Crippen LogP contribution in [-0.4, -0.2) is 10.9 Å². The molecule has 1 aromatic rings. The molecule has 0 N–H and O–H groups in total. The van der Waals surface area contributed by atoms with Gasteiger partial charge in [0.1, 0.15) is 5.75 Å². The lowest BCUT2D eigenvalue weighted by molar-refractivity contribution is -0.384. The number of nitro groups is 1. The van der Waals surface area contributed by atoms with E-state index in [-0.39, 0.29) is 11.4 Å². The number of benzene rings is 1. The van der Waals surface area contributed by atoms with Crippen LogP contribution >= 0.6 is 0 Å². The van der Waals surface area contributed by atoms with Crippen LogP contribution in [0, 0.1) is 17.0 Å². The highest BCUT2D eigenvalue weighted by molar-refractivity contribution is 5.69. The third-order valence-electron chi connectivity index (χ3n) is 1.42. The first kappa shape index (κ1) is 10.2. The van der Waals surface area contributed by atoms with E-state index in [1.165, 1.54) is 25.1 Å². The molecule has 0 fully saturated rings. The maximum absolute atomic E-state index is 10.6. The second-order valence-corrected chi connectivity index (χ2v) is 2.69. The summed E-state index contributed by atoms with van der Waals surface area (Å²) in [6.07, 6.45) is 0. The summed E-state index contributed by atoms with van der Waals surface area (Å²) in [5.74, 6) is -0.387. The number of carbonyl (C=O) groups is 1. The summed E-state index contributed by atoms with van der Waals surface area (Å²) in [6.45, 7) is 4.76. The fraction of sp³-hybridized carbons (Fsp3) is 0.111. The lowest BCUT2D eigenvalue weighted by Crippen LogP contribution is -2.02. The average Bonchev–Trinajstić information content (AvgIpc) is 2.01. The van der Waals surface area contributed by atoms with E-state index in [9.17, 15) is 14.9 Å². The van der Waals surface area contributed by atoms with Crippen LogP contribution in [0.15, 0.2) is 18.2 Å². The van der Waals surface area contributed by atoms with Crippen molar-refractivity contribution in [3.05, 3.63) is 40.8 Å². The molecule has 0 amide bonds. The highest BCUT2D eigenvalue weighted by atomic mass is 16.6. The van der Waals surface area contributed by atoms with Crippen molar-refractivity contribution < 1.29 is 14.5 Å². The van der Waals surface area contributed by atoms with Gasteiger partial charge in [-0.15, -0.1) is 0 Å². The molecule has 0 atom stereocenters. The fourth-order valence-corrected chi connectivity index (χ4v) is 0.974. The van der Waals surface area contributed by atoms with Gasteiger partial charge in [0.2, 0.25) is 0 Å². The first-order valence-electron chi connectivity index (χ1n) is 3.79. The minimum absolute atomic E-state index is 0.136. The first-order valence-corrected chi connectivity index (χ1v) is 3.79. The average molecular weight is 194 g/mol. The third kappa shape index (κ3) is 2.55. The summed E-state index contributed by atoms with van der Waals surface area (Å²) >= 11 is 0. The molecular weight excluding hydrogens is 186 g/mol. The Hall–Kier alpha value is -1.91. The van der Waals surface area contributed by atoms with Crippen molar-refractivity contribution in [3.63, 3.8) is 0 Å². The molecule has 0 aliphatic carbocycles. The number of rotatable bonds is 2. The summed E-state index contributed by atoms with van der Waals surface area (Å²) < 4.78 is 4.70. The summed E-state index contributed by atoms with van der Waals surface area (Å²) in [4.78, 5) is 20.5. The van der Waals surface area contributed by atoms with Crippen molar-refractivity contribution in [3.8, 4) is 5.75 Å². The molecule has 0 unspecified atom stereocenters. The molecule has 0 heterocycles. The molecule has 5 nitrogen and oxygen atoms in total. The van der Waals surface area contributed by atoms with E-state index in [0.29, 0.717) is 5.56 Å². The Kier molecular flexibility index (Phi) is 2.81. The van der Waals surface area contributed by atoms with E-state index in [2.05, 4.69) is 6.92 Å². The second-order valence-electron chi connectivity index (χ2n) is 2.69. The van der Waals surface area contributed by atoms with Crippen LogP contribution in [0.2, 0.25) is 0 Å². The number of ether oxygens (including phenoxy) is 1. The van der Waals surface area contributed by atoms with Gasteiger partial charge < -0.3 is 4.74 Å². The Balaban J connectivity index is 3.07. The molecule has 1 aromatic carbocycles. The van der Waals surface area contributed by atoms with Crippen LogP contribution in [0.5, 0.6) is 5.75 Å². The number of hydrogen-bond acceptors (Lipinski definition) is 4. The van der Waals surface area contributed by atoms with Crippen LogP contribution in [0.3, 0.4) is 0 Å². The van der Waals surface area contributed by atoms with Gasteiger partial charge in [-0.1, -0.05) is 0 Å². The zero-order valence-corrected chi connectivity index (χ0v) is 7.52. The van der Waals surface area contributed by atoms with Crippen LogP contribution in [0.4, 0.5) is 5.69 Å². The molecular formula is C9H8NO4. The number of non-ortho nitro benzene ring substituents is 1. The Bertz CT molecular complexity index is 386. The zero-order valence-electron chi connectivity index (χ0n) is 7.52. The largest absolute Gasteiger partial charge is 0.426 e. The fourth-order valence-electron chi connectivity index (χ4n) is 0.974. The van der Waals surface area contributed by atoms with Gasteiger partial charge in [-0.05, 0) is 18.6 Å². The highest BCUT2D eigenvalue weighted by Gasteiger charge is 2.09. The van der Waals surface area contributed by atoms with Crippen molar-refractivity contribution >= 4 is 11.7 Å². The maximum Gasteiger partial charge on any atom is 0.308 e. The van der Waals surface area contributed by atoms with E-state index in [1.54, 1.807) is 0 Å². The molecule has 0 saturated carbocycles. The number of esters is 1. The smallest absolute Gasteiger partial charge is 0.308 e. The van der Waals surface area contributed by atoms with Crippen LogP contribution in [0.1, 0.15) is 12.5 Å². The lowest BCUT2D eigenvalue weighted by Gasteiger charge is -2.01. The number of hydrogen-bond donors (Lipinski definition) is 0. The van der Waals surface area contributed by atoms with Gasteiger partial charge in [0.25, 0.3) is 5.69 Å². The molecule has 5 heteroatoms. The monoisotopic (exact) mass is 194 g/mol. The Morgan fingerprint density at radius 3 is 2.64 bits per heavy atom. The highest BCUT2D eigenvalue weighted by Crippen LogP contribution is 2.22. The molecule has 0 aromatic heterocycles. The molecule has 0 saturated heterocycles. The summed E-state index contributed by atoms with van der Waals surface area (Å²) in [5.41, 5.74) is 0.282. The summed E-state index contributed by atoms with van der Waals surface area (Å²) in [6, 6.07) is 3.93. The van der Waals surface area contributed by atoms with Crippen molar-refractivity contribution in [1.29, 1.82) is 0 Å². The van der Waals surface area contributed by atoms with Crippen LogP contribution in [-0.2, 0) is 4.79 Å². The molecule has 0 aliphatic rings. The number of carbonyl (C=O) groups excluding carboxylic acids is 1. The molecule has 14 heavy (non-hydrogen) atoms. The van der Waals surface area contributed by atoms with E-state index >= 15 is 0 Å². The van der Waals surface area contributed by atoms with E-state index in [0.717, 1.165) is 0 Å². The van der Waals surface area contributed by atoms with Gasteiger partial charge in [0, 0.05) is 13.0 Å². The molecule has 1 radical (unpaired) electrons. The minimum Gasteiger partial charge on any atom is -0.426 e. The summed E-state index contributed by atoms with van der Waals surface area (Å²) in [7, 11) is 0. The predicted molar refractivity (Wildman–Crippen MR) is 48.9 cm³/mol. The predicted octanol–water partition coefficient (Wildman–Crippen LogP) is 1.70. The van der Waals surface area contributed by atoms with Crippen molar-refractivity contribution in [1.82, 2.24) is 0 Å². The van der Waals surface area contributed by atoms with E-state index in [4.69, 9.17) is 4.74 Å². The minimum atomic E-state index is -0.568. The van der Waals surface area contributed by atoms with Crippen molar-refractivity contribution in [2.45, 2.75) is 6.92 Å². The Labute approximate surface area is 80.5 Å². The topological polar surface area (TPSA) is 69.4 Å². The second kappa shape index (κ2) is 3.87. The SMILES string of the molecule is [CH2]c1cc(OC(C)=O)cc([N+](=O)[O-])c1. The van der Waals surface area contributed by atoms with Gasteiger partial charge in [0.05, 0.1) is 11.0 Å². The molecule has 0 spiro atoms. The first-order chi connectivity index (χ1) is 6.49. The van der Waals surface area contributed by atoms with Gasteiger partial charge in [-0.25, -0.2) is 0 Å². The van der Waals surface area contributed by atoms with Gasteiger partial charge in [-0.2, -0.15) is 0 Å². The van der Waals surface area contributed by atoms with Gasteiger partial charge >= 0.3 is 5.97 Å². The number of nitrogens with zero attached hydrogens (tertiary/aromatic N) is 1. The molecule has 0 aliphatic heterocycles. The van der Waals surface area contributed by atoms with Crippen LogP contribution < -0.4 is 4.74 Å². The maximum atomic E-state index is 10.6. The van der Waals surface area contributed by atoms with E-state index < -0.39 is 10.9 Å². The Morgan fingerprint density at radius 1 is 1.50 bits per heavy atom. The standard InChI is InChI=1S/C9H8NO4/c1-6-3-8(10(12)13)5-9(4-6)14-7(2)11/h3-5H,1H2,2H3. The third-order valence-corrected chi connectivity index (χ3v) is 1.42. The van der Waals surface area contributed by atoms with Gasteiger partial charge in [0.15, 0.2) is 0 Å². The molecule has 1 rings (SSSR count).